The first-order valence-electron chi connectivity index (χ1n) is 7.23. The smallest absolute Gasteiger partial charge is 0.0501 e. The van der Waals surface area contributed by atoms with Gasteiger partial charge in [-0.2, -0.15) is 0 Å². The van der Waals surface area contributed by atoms with E-state index in [0.29, 0.717) is 12.1 Å². The van der Waals surface area contributed by atoms with Gasteiger partial charge >= 0.3 is 0 Å². The molecule has 1 aliphatic rings. The van der Waals surface area contributed by atoms with Crippen molar-refractivity contribution < 1.29 is 0 Å². The van der Waals surface area contributed by atoms with E-state index in [1.54, 1.807) is 0 Å². The SMILES string of the molecule is CCc1ccc(C2C(N)CCCN2C(C)C)cc1. The molecule has 1 aromatic rings. The van der Waals surface area contributed by atoms with Crippen molar-refractivity contribution in [2.75, 3.05) is 6.54 Å². The van der Waals surface area contributed by atoms with Crippen LogP contribution >= 0.6 is 0 Å². The predicted octanol–water partition coefficient (Wildman–Crippen LogP) is 3.12. The maximum absolute atomic E-state index is 6.37. The molecule has 0 spiro atoms. The number of likely N-dealkylation sites (tertiary alicyclic amines) is 1. The summed E-state index contributed by atoms with van der Waals surface area (Å²) in [5.41, 5.74) is 9.15. The minimum Gasteiger partial charge on any atom is -0.326 e. The average molecular weight is 246 g/mol. The summed E-state index contributed by atoms with van der Waals surface area (Å²) in [6, 6.07) is 10.3. The van der Waals surface area contributed by atoms with Crippen LogP contribution in [0.3, 0.4) is 0 Å². The summed E-state index contributed by atoms with van der Waals surface area (Å²) >= 11 is 0. The number of piperidine rings is 1. The van der Waals surface area contributed by atoms with Crippen LogP contribution in [0.4, 0.5) is 0 Å². The van der Waals surface area contributed by atoms with Crippen LogP contribution in [0, 0.1) is 0 Å². The quantitative estimate of drug-likeness (QED) is 0.888. The fraction of sp³-hybridized carbons (Fsp3) is 0.625. The topological polar surface area (TPSA) is 29.3 Å². The Morgan fingerprint density at radius 3 is 2.50 bits per heavy atom. The molecular formula is C16H26N2. The molecule has 18 heavy (non-hydrogen) atoms. The van der Waals surface area contributed by atoms with Gasteiger partial charge in [0, 0.05) is 12.1 Å². The second-order valence-corrected chi connectivity index (χ2v) is 5.68. The van der Waals surface area contributed by atoms with Crippen LogP contribution in [0.5, 0.6) is 0 Å². The molecule has 1 aromatic carbocycles. The van der Waals surface area contributed by atoms with Crippen molar-refractivity contribution in [2.45, 2.75) is 58.2 Å². The van der Waals surface area contributed by atoms with Crippen LogP contribution in [0.15, 0.2) is 24.3 Å². The molecule has 1 saturated heterocycles. The third kappa shape index (κ3) is 2.76. The standard InChI is InChI=1S/C16H26N2/c1-4-13-7-9-14(10-8-13)16-15(17)6-5-11-18(16)12(2)3/h7-10,12,15-16H,4-6,11,17H2,1-3H3. The van der Waals surface area contributed by atoms with Gasteiger partial charge in [0.15, 0.2) is 0 Å². The fourth-order valence-corrected chi connectivity index (χ4v) is 3.02. The molecule has 1 fully saturated rings. The Morgan fingerprint density at radius 1 is 1.28 bits per heavy atom. The van der Waals surface area contributed by atoms with E-state index >= 15 is 0 Å². The van der Waals surface area contributed by atoms with Crippen LogP contribution in [0.25, 0.3) is 0 Å². The summed E-state index contributed by atoms with van der Waals surface area (Å²) in [6.07, 6.45) is 3.47. The lowest BCUT2D eigenvalue weighted by Gasteiger charge is -2.42. The summed E-state index contributed by atoms with van der Waals surface area (Å²) < 4.78 is 0. The Hall–Kier alpha value is -0.860. The van der Waals surface area contributed by atoms with Crippen molar-refractivity contribution >= 4 is 0 Å². The number of hydrogen-bond acceptors (Lipinski definition) is 2. The number of benzene rings is 1. The highest BCUT2D eigenvalue weighted by Crippen LogP contribution is 2.31. The van der Waals surface area contributed by atoms with Gasteiger partial charge in [0.1, 0.15) is 0 Å². The molecule has 2 N–H and O–H groups in total. The molecule has 0 aliphatic carbocycles. The zero-order valence-corrected chi connectivity index (χ0v) is 11.9. The normalized spacial score (nSPS) is 25.6. The second kappa shape index (κ2) is 5.85. The van der Waals surface area contributed by atoms with Gasteiger partial charge < -0.3 is 5.73 Å². The summed E-state index contributed by atoms with van der Waals surface area (Å²) in [5, 5.41) is 0. The molecule has 1 aliphatic heterocycles. The number of nitrogens with two attached hydrogens (primary N) is 1. The molecule has 1 heterocycles. The molecule has 2 unspecified atom stereocenters. The van der Waals surface area contributed by atoms with E-state index < -0.39 is 0 Å². The number of nitrogens with zero attached hydrogens (tertiary/aromatic N) is 1. The van der Waals surface area contributed by atoms with Gasteiger partial charge in [-0.15, -0.1) is 0 Å². The van der Waals surface area contributed by atoms with E-state index in [2.05, 4.69) is 49.9 Å². The molecule has 0 aromatic heterocycles. The van der Waals surface area contributed by atoms with E-state index in [4.69, 9.17) is 5.73 Å². The molecule has 0 bridgehead atoms. The molecule has 100 valence electrons. The number of aryl methyl sites for hydroxylation is 1. The van der Waals surface area contributed by atoms with Gasteiger partial charge in [0.05, 0.1) is 6.04 Å². The van der Waals surface area contributed by atoms with Crippen LogP contribution in [0.2, 0.25) is 0 Å². The summed E-state index contributed by atoms with van der Waals surface area (Å²) in [5.74, 6) is 0. The Kier molecular flexibility index (Phi) is 4.41. The highest BCUT2D eigenvalue weighted by atomic mass is 15.2. The first kappa shape index (κ1) is 13.6. The molecule has 2 rings (SSSR count). The summed E-state index contributed by atoms with van der Waals surface area (Å²) in [7, 11) is 0. The third-order valence-electron chi connectivity index (χ3n) is 4.11. The minimum absolute atomic E-state index is 0.272. The number of hydrogen-bond donors (Lipinski definition) is 1. The van der Waals surface area contributed by atoms with Crippen LogP contribution in [-0.4, -0.2) is 23.5 Å². The second-order valence-electron chi connectivity index (χ2n) is 5.68. The maximum Gasteiger partial charge on any atom is 0.0501 e. The average Bonchev–Trinajstić information content (AvgIpc) is 2.38. The Bertz CT molecular complexity index is 369. The van der Waals surface area contributed by atoms with Crippen molar-refractivity contribution in [3.05, 3.63) is 35.4 Å². The lowest BCUT2D eigenvalue weighted by Crippen LogP contribution is -2.48. The molecule has 2 heteroatoms. The predicted molar refractivity (Wildman–Crippen MR) is 77.6 cm³/mol. The van der Waals surface area contributed by atoms with E-state index in [9.17, 15) is 0 Å². The fourth-order valence-electron chi connectivity index (χ4n) is 3.02. The Labute approximate surface area is 111 Å². The summed E-state index contributed by atoms with van der Waals surface area (Å²) in [4.78, 5) is 2.55. The first-order valence-corrected chi connectivity index (χ1v) is 7.23. The molecule has 2 nitrogen and oxygen atoms in total. The monoisotopic (exact) mass is 246 g/mol. The lowest BCUT2D eigenvalue weighted by molar-refractivity contribution is 0.0947. The molecule has 0 amide bonds. The van der Waals surface area contributed by atoms with E-state index in [-0.39, 0.29) is 6.04 Å². The van der Waals surface area contributed by atoms with Crippen LogP contribution in [0.1, 0.15) is 50.8 Å². The zero-order valence-electron chi connectivity index (χ0n) is 11.9. The van der Waals surface area contributed by atoms with Crippen LogP contribution in [-0.2, 0) is 6.42 Å². The van der Waals surface area contributed by atoms with Gasteiger partial charge in [-0.1, -0.05) is 31.2 Å². The molecular weight excluding hydrogens is 220 g/mol. The van der Waals surface area contributed by atoms with Gasteiger partial charge in [-0.05, 0) is 50.8 Å². The van der Waals surface area contributed by atoms with Crippen molar-refractivity contribution in [3.8, 4) is 0 Å². The van der Waals surface area contributed by atoms with Crippen molar-refractivity contribution in [1.29, 1.82) is 0 Å². The van der Waals surface area contributed by atoms with E-state index in [0.717, 1.165) is 12.8 Å². The number of rotatable bonds is 3. The maximum atomic E-state index is 6.37. The third-order valence-corrected chi connectivity index (χ3v) is 4.11. The van der Waals surface area contributed by atoms with E-state index in [1.165, 1.54) is 24.1 Å². The van der Waals surface area contributed by atoms with Crippen molar-refractivity contribution in [2.24, 2.45) is 5.73 Å². The Balaban J connectivity index is 2.25. The van der Waals surface area contributed by atoms with Gasteiger partial charge in [-0.25, -0.2) is 0 Å². The molecule has 0 saturated carbocycles. The summed E-state index contributed by atoms with van der Waals surface area (Å²) in [6.45, 7) is 7.91. The minimum atomic E-state index is 0.272. The van der Waals surface area contributed by atoms with Gasteiger partial charge in [0.25, 0.3) is 0 Å². The van der Waals surface area contributed by atoms with Crippen LogP contribution < -0.4 is 5.73 Å². The highest BCUT2D eigenvalue weighted by Gasteiger charge is 2.31. The van der Waals surface area contributed by atoms with E-state index in [1.807, 2.05) is 0 Å². The van der Waals surface area contributed by atoms with Gasteiger partial charge in [-0.3, -0.25) is 4.90 Å². The first-order chi connectivity index (χ1) is 8.63. The Morgan fingerprint density at radius 2 is 1.94 bits per heavy atom. The van der Waals surface area contributed by atoms with Gasteiger partial charge in [0.2, 0.25) is 0 Å². The van der Waals surface area contributed by atoms with Crippen molar-refractivity contribution in [1.82, 2.24) is 4.90 Å². The zero-order chi connectivity index (χ0) is 13.1. The molecule has 0 radical (unpaired) electrons. The molecule has 2 atom stereocenters. The highest BCUT2D eigenvalue weighted by molar-refractivity contribution is 5.26. The van der Waals surface area contributed by atoms with Crippen molar-refractivity contribution in [3.63, 3.8) is 0 Å². The largest absolute Gasteiger partial charge is 0.326 e. The lowest BCUT2D eigenvalue weighted by atomic mass is 9.89.